The number of hydrogen-bond donors (Lipinski definition) is 1. The molecule has 5 nitrogen and oxygen atoms in total. The minimum Gasteiger partial charge on any atom is -0.481 e. The van der Waals surface area contributed by atoms with Crippen LogP contribution in [-0.4, -0.2) is 22.1 Å². The number of aryl methyl sites for hydroxylation is 1. The standard InChI is InChI=1S/C12H13FN4O/c1-8-11(13)12(17-7-16-8)15-6-9-3-4-14-10(5-9)18-2/h3-5,7H,6H2,1-2H3,(H,15,16,17). The Morgan fingerprint density at radius 1 is 1.33 bits per heavy atom. The van der Waals surface area contributed by atoms with Gasteiger partial charge in [0.15, 0.2) is 11.6 Å². The Balaban J connectivity index is 2.09. The molecule has 0 bridgehead atoms. The van der Waals surface area contributed by atoms with Gasteiger partial charge >= 0.3 is 0 Å². The Bertz CT molecular complexity index is 547. The Kier molecular flexibility index (Phi) is 3.66. The molecule has 1 N–H and O–H groups in total. The zero-order chi connectivity index (χ0) is 13.0. The third-order valence-corrected chi connectivity index (χ3v) is 2.43. The summed E-state index contributed by atoms with van der Waals surface area (Å²) >= 11 is 0. The number of ether oxygens (including phenoxy) is 1. The lowest BCUT2D eigenvalue weighted by molar-refractivity contribution is 0.397. The minimum absolute atomic E-state index is 0.193. The van der Waals surface area contributed by atoms with Crippen LogP contribution in [-0.2, 0) is 6.54 Å². The summed E-state index contributed by atoms with van der Waals surface area (Å²) in [6.07, 6.45) is 2.96. The molecule has 0 aliphatic rings. The largest absolute Gasteiger partial charge is 0.481 e. The number of nitrogens with one attached hydrogen (secondary N) is 1. The lowest BCUT2D eigenvalue weighted by Crippen LogP contribution is -2.06. The molecule has 18 heavy (non-hydrogen) atoms. The van der Waals surface area contributed by atoms with Crippen molar-refractivity contribution >= 4 is 5.82 Å². The molecule has 6 heteroatoms. The first-order valence-corrected chi connectivity index (χ1v) is 5.40. The second-order valence-corrected chi connectivity index (χ2v) is 3.68. The van der Waals surface area contributed by atoms with Crippen LogP contribution in [0.5, 0.6) is 5.88 Å². The average molecular weight is 248 g/mol. The Labute approximate surface area is 104 Å². The molecule has 2 aromatic heterocycles. The number of methoxy groups -OCH3 is 1. The van der Waals surface area contributed by atoms with Gasteiger partial charge in [0.25, 0.3) is 0 Å². The summed E-state index contributed by atoms with van der Waals surface area (Å²) in [5.74, 6) is 0.283. The lowest BCUT2D eigenvalue weighted by Gasteiger charge is -2.08. The zero-order valence-electron chi connectivity index (χ0n) is 10.1. The van der Waals surface area contributed by atoms with Crippen LogP contribution in [0.15, 0.2) is 24.7 Å². The van der Waals surface area contributed by atoms with Gasteiger partial charge in [0, 0.05) is 18.8 Å². The van der Waals surface area contributed by atoms with Crippen molar-refractivity contribution in [3.63, 3.8) is 0 Å². The first-order valence-electron chi connectivity index (χ1n) is 5.40. The summed E-state index contributed by atoms with van der Waals surface area (Å²) in [6.45, 7) is 2.03. The molecule has 2 heterocycles. The van der Waals surface area contributed by atoms with Crippen LogP contribution in [0.3, 0.4) is 0 Å². The lowest BCUT2D eigenvalue weighted by atomic mass is 10.2. The minimum atomic E-state index is -0.432. The predicted octanol–water partition coefficient (Wildman–Crippen LogP) is 1.94. The van der Waals surface area contributed by atoms with E-state index in [9.17, 15) is 4.39 Å². The van der Waals surface area contributed by atoms with Crippen LogP contribution in [0.4, 0.5) is 10.2 Å². The van der Waals surface area contributed by atoms with Gasteiger partial charge in [-0.25, -0.2) is 19.3 Å². The molecule has 0 fully saturated rings. The van der Waals surface area contributed by atoms with E-state index in [0.717, 1.165) is 5.56 Å². The van der Waals surface area contributed by atoms with E-state index in [1.54, 1.807) is 26.3 Å². The van der Waals surface area contributed by atoms with E-state index >= 15 is 0 Å². The maximum Gasteiger partial charge on any atom is 0.213 e. The number of nitrogens with zero attached hydrogens (tertiary/aromatic N) is 3. The van der Waals surface area contributed by atoms with Crippen molar-refractivity contribution in [1.29, 1.82) is 0 Å². The highest BCUT2D eigenvalue weighted by Gasteiger charge is 2.07. The highest BCUT2D eigenvalue weighted by Crippen LogP contribution is 2.14. The first kappa shape index (κ1) is 12.2. The molecule has 0 unspecified atom stereocenters. The van der Waals surface area contributed by atoms with Gasteiger partial charge in [-0.2, -0.15) is 0 Å². The van der Waals surface area contributed by atoms with Crippen molar-refractivity contribution in [2.24, 2.45) is 0 Å². The second kappa shape index (κ2) is 5.39. The van der Waals surface area contributed by atoms with Gasteiger partial charge in [0.2, 0.25) is 5.88 Å². The highest BCUT2D eigenvalue weighted by molar-refractivity contribution is 5.38. The smallest absolute Gasteiger partial charge is 0.213 e. The van der Waals surface area contributed by atoms with E-state index in [1.165, 1.54) is 6.33 Å². The molecule has 0 aliphatic heterocycles. The third-order valence-electron chi connectivity index (χ3n) is 2.43. The van der Waals surface area contributed by atoms with Gasteiger partial charge in [-0.1, -0.05) is 0 Å². The zero-order valence-corrected chi connectivity index (χ0v) is 10.1. The fourth-order valence-electron chi connectivity index (χ4n) is 1.44. The molecule has 0 aliphatic carbocycles. The van der Waals surface area contributed by atoms with Crippen molar-refractivity contribution in [3.05, 3.63) is 41.7 Å². The van der Waals surface area contributed by atoms with Crippen molar-refractivity contribution in [2.45, 2.75) is 13.5 Å². The molecule has 0 saturated carbocycles. The molecule has 0 saturated heterocycles. The average Bonchev–Trinajstić information content (AvgIpc) is 2.41. The van der Waals surface area contributed by atoms with Crippen LogP contribution in [0.1, 0.15) is 11.3 Å². The summed E-state index contributed by atoms with van der Waals surface area (Å²) in [7, 11) is 1.55. The van der Waals surface area contributed by atoms with Crippen LogP contribution in [0.25, 0.3) is 0 Å². The van der Waals surface area contributed by atoms with Crippen molar-refractivity contribution in [1.82, 2.24) is 15.0 Å². The van der Waals surface area contributed by atoms with Gasteiger partial charge < -0.3 is 10.1 Å². The predicted molar refractivity (Wildman–Crippen MR) is 64.8 cm³/mol. The second-order valence-electron chi connectivity index (χ2n) is 3.68. The van der Waals surface area contributed by atoms with Gasteiger partial charge in [-0.3, -0.25) is 0 Å². The van der Waals surface area contributed by atoms with Crippen LogP contribution < -0.4 is 10.1 Å². The van der Waals surface area contributed by atoms with Gasteiger partial charge in [-0.15, -0.1) is 0 Å². The Morgan fingerprint density at radius 2 is 2.17 bits per heavy atom. The van der Waals surface area contributed by atoms with Crippen molar-refractivity contribution in [2.75, 3.05) is 12.4 Å². The van der Waals surface area contributed by atoms with Crippen molar-refractivity contribution in [3.8, 4) is 5.88 Å². The van der Waals surface area contributed by atoms with E-state index in [-0.39, 0.29) is 5.82 Å². The number of pyridine rings is 1. The summed E-state index contributed by atoms with van der Waals surface area (Å²) < 4.78 is 18.6. The van der Waals surface area contributed by atoms with Gasteiger partial charge in [-0.05, 0) is 18.6 Å². The molecule has 0 spiro atoms. The monoisotopic (exact) mass is 248 g/mol. The maximum atomic E-state index is 13.6. The highest BCUT2D eigenvalue weighted by atomic mass is 19.1. The number of rotatable bonds is 4. The molecule has 2 aromatic rings. The summed E-state index contributed by atoms with van der Waals surface area (Å²) in [5, 5.41) is 2.91. The van der Waals surface area contributed by atoms with Crippen LogP contribution in [0, 0.1) is 12.7 Å². The number of anilines is 1. The van der Waals surface area contributed by atoms with E-state index in [4.69, 9.17) is 4.74 Å². The Hall–Kier alpha value is -2.24. The molecule has 0 atom stereocenters. The number of hydrogen-bond acceptors (Lipinski definition) is 5. The molecule has 0 aromatic carbocycles. The van der Waals surface area contributed by atoms with E-state index in [2.05, 4.69) is 20.3 Å². The summed E-state index contributed by atoms with van der Waals surface area (Å²) in [4.78, 5) is 11.6. The first-order chi connectivity index (χ1) is 8.70. The quantitative estimate of drug-likeness (QED) is 0.896. The molecular weight excluding hydrogens is 235 g/mol. The van der Waals surface area contributed by atoms with Crippen LogP contribution >= 0.6 is 0 Å². The van der Waals surface area contributed by atoms with E-state index < -0.39 is 5.82 Å². The van der Waals surface area contributed by atoms with Gasteiger partial charge in [0.05, 0.1) is 12.8 Å². The fourth-order valence-corrected chi connectivity index (χ4v) is 1.44. The van der Waals surface area contributed by atoms with Crippen molar-refractivity contribution < 1.29 is 9.13 Å². The number of aromatic nitrogens is 3. The summed E-state index contributed by atoms with van der Waals surface area (Å²) in [5.41, 5.74) is 1.25. The maximum absolute atomic E-state index is 13.6. The van der Waals surface area contributed by atoms with E-state index in [0.29, 0.717) is 18.1 Å². The van der Waals surface area contributed by atoms with Crippen LogP contribution in [0.2, 0.25) is 0 Å². The van der Waals surface area contributed by atoms with Gasteiger partial charge in [0.1, 0.15) is 6.33 Å². The molecule has 0 radical (unpaired) electrons. The fraction of sp³-hybridized carbons (Fsp3) is 0.250. The normalized spacial score (nSPS) is 10.2. The Morgan fingerprint density at radius 3 is 2.94 bits per heavy atom. The molecular formula is C12H13FN4O. The summed E-state index contributed by atoms with van der Waals surface area (Å²) in [6, 6.07) is 3.60. The topological polar surface area (TPSA) is 59.9 Å². The van der Waals surface area contributed by atoms with E-state index in [1.807, 2.05) is 6.07 Å². The third kappa shape index (κ3) is 2.71. The molecule has 94 valence electrons. The molecule has 2 rings (SSSR count). The number of halogens is 1. The molecule has 0 amide bonds. The SMILES string of the molecule is COc1cc(CNc2ncnc(C)c2F)ccn1.